The molecule has 1 aromatic rings. The molecule has 0 bridgehead atoms. The summed E-state index contributed by atoms with van der Waals surface area (Å²) in [5.41, 5.74) is -0.215. The van der Waals surface area contributed by atoms with Gasteiger partial charge in [-0.15, -0.1) is 0 Å². The predicted molar refractivity (Wildman–Crippen MR) is 78.9 cm³/mol. The molecule has 0 aromatic heterocycles. The Morgan fingerprint density at radius 3 is 2.32 bits per heavy atom. The Morgan fingerprint density at radius 1 is 1.14 bits per heavy atom. The second-order valence-electron chi connectivity index (χ2n) is 5.24. The summed E-state index contributed by atoms with van der Waals surface area (Å²) in [5.74, 6) is -2.37. The highest BCUT2D eigenvalue weighted by atomic mass is 19.1. The molecule has 22 heavy (non-hydrogen) atoms. The van der Waals surface area contributed by atoms with E-state index >= 15 is 0 Å². The van der Waals surface area contributed by atoms with Crippen molar-refractivity contribution in [3.63, 3.8) is 0 Å². The molecule has 0 saturated carbocycles. The fraction of sp³-hybridized carbons (Fsp3) is 0.438. The van der Waals surface area contributed by atoms with Crippen LogP contribution in [0.4, 0.5) is 4.39 Å². The number of imide groups is 1. The van der Waals surface area contributed by atoms with Gasteiger partial charge in [-0.25, -0.2) is 4.39 Å². The molecule has 0 N–H and O–H groups in total. The average molecular weight is 306 g/mol. The first kappa shape index (κ1) is 16.1. The molecular weight excluding hydrogens is 287 g/mol. The van der Waals surface area contributed by atoms with Crippen LogP contribution < -0.4 is 0 Å². The largest absolute Gasteiger partial charge is 0.341 e. The van der Waals surface area contributed by atoms with Gasteiger partial charge in [-0.2, -0.15) is 0 Å². The van der Waals surface area contributed by atoms with Crippen LogP contribution in [0.2, 0.25) is 0 Å². The lowest BCUT2D eigenvalue weighted by Gasteiger charge is -2.23. The van der Waals surface area contributed by atoms with E-state index in [1.165, 1.54) is 12.1 Å². The number of benzene rings is 1. The Morgan fingerprint density at radius 2 is 1.77 bits per heavy atom. The summed E-state index contributed by atoms with van der Waals surface area (Å²) < 4.78 is 13.7. The fourth-order valence-corrected chi connectivity index (χ4v) is 2.57. The minimum Gasteiger partial charge on any atom is -0.341 e. The van der Waals surface area contributed by atoms with Crippen LogP contribution in [0.5, 0.6) is 0 Å². The molecular formula is C16H19FN2O3. The molecule has 0 fully saturated rings. The SMILES string of the molecule is CCCN(CCC)C(=O)CN1C(=O)c2cccc(F)c2C1=O. The molecule has 5 nitrogen and oxygen atoms in total. The first-order valence-electron chi connectivity index (χ1n) is 7.43. The van der Waals surface area contributed by atoms with Crippen LogP contribution in [0.1, 0.15) is 47.4 Å². The lowest BCUT2D eigenvalue weighted by atomic mass is 10.1. The smallest absolute Gasteiger partial charge is 0.265 e. The quantitative estimate of drug-likeness (QED) is 0.756. The molecule has 6 heteroatoms. The molecule has 0 atom stereocenters. The van der Waals surface area contributed by atoms with Gasteiger partial charge in [0.1, 0.15) is 12.4 Å². The van der Waals surface area contributed by atoms with Crippen LogP contribution in [0.15, 0.2) is 18.2 Å². The minimum absolute atomic E-state index is 0.0235. The van der Waals surface area contributed by atoms with Crippen molar-refractivity contribution in [2.75, 3.05) is 19.6 Å². The number of amides is 3. The Balaban J connectivity index is 2.18. The number of halogens is 1. The van der Waals surface area contributed by atoms with Crippen LogP contribution in [0.25, 0.3) is 0 Å². The van der Waals surface area contributed by atoms with E-state index in [9.17, 15) is 18.8 Å². The van der Waals surface area contributed by atoms with E-state index in [1.807, 2.05) is 13.8 Å². The average Bonchev–Trinajstić information content (AvgIpc) is 2.73. The van der Waals surface area contributed by atoms with Crippen LogP contribution in [-0.2, 0) is 4.79 Å². The number of nitrogens with zero attached hydrogens (tertiary/aromatic N) is 2. The summed E-state index contributed by atoms with van der Waals surface area (Å²) in [6.45, 7) is 4.71. The fourth-order valence-electron chi connectivity index (χ4n) is 2.57. The molecule has 2 rings (SSSR count). The molecule has 0 spiro atoms. The zero-order valence-electron chi connectivity index (χ0n) is 12.8. The highest BCUT2D eigenvalue weighted by Crippen LogP contribution is 2.25. The minimum atomic E-state index is -0.737. The van der Waals surface area contributed by atoms with E-state index in [4.69, 9.17) is 0 Å². The van der Waals surface area contributed by atoms with Crippen molar-refractivity contribution in [2.45, 2.75) is 26.7 Å². The Hall–Kier alpha value is -2.24. The first-order valence-corrected chi connectivity index (χ1v) is 7.43. The summed E-state index contributed by atoms with van der Waals surface area (Å²) in [5, 5.41) is 0. The summed E-state index contributed by atoms with van der Waals surface area (Å²) in [6.07, 6.45) is 1.59. The molecule has 0 unspecified atom stereocenters. The van der Waals surface area contributed by atoms with Crippen LogP contribution in [-0.4, -0.2) is 47.2 Å². The highest BCUT2D eigenvalue weighted by molar-refractivity contribution is 6.22. The van der Waals surface area contributed by atoms with E-state index < -0.39 is 17.6 Å². The van der Waals surface area contributed by atoms with Crippen LogP contribution in [0, 0.1) is 5.82 Å². The molecule has 1 aliphatic heterocycles. The zero-order chi connectivity index (χ0) is 16.3. The van der Waals surface area contributed by atoms with E-state index in [2.05, 4.69) is 0 Å². The third kappa shape index (κ3) is 2.86. The Kier molecular flexibility index (Phi) is 4.90. The van der Waals surface area contributed by atoms with Crippen LogP contribution in [0.3, 0.4) is 0 Å². The number of carbonyl (C=O) groups excluding carboxylic acids is 3. The van der Waals surface area contributed by atoms with Gasteiger partial charge >= 0.3 is 0 Å². The maximum Gasteiger partial charge on any atom is 0.265 e. The maximum atomic E-state index is 13.7. The van der Waals surface area contributed by atoms with Crippen molar-refractivity contribution in [2.24, 2.45) is 0 Å². The molecule has 1 aliphatic rings. The topological polar surface area (TPSA) is 57.7 Å². The van der Waals surface area contributed by atoms with Gasteiger partial charge in [0.2, 0.25) is 5.91 Å². The summed E-state index contributed by atoms with van der Waals surface area (Å²) in [6, 6.07) is 3.92. The van der Waals surface area contributed by atoms with Crippen molar-refractivity contribution in [1.29, 1.82) is 0 Å². The standard InChI is InChI=1S/C16H19FN2O3/c1-3-8-18(9-4-2)13(20)10-19-15(21)11-6-5-7-12(17)14(11)16(19)22/h5-7H,3-4,8-10H2,1-2H3. The van der Waals surface area contributed by atoms with Gasteiger partial charge in [-0.05, 0) is 25.0 Å². The normalized spacial score (nSPS) is 13.5. The highest BCUT2D eigenvalue weighted by Gasteiger charge is 2.39. The van der Waals surface area contributed by atoms with Gasteiger partial charge in [0.25, 0.3) is 11.8 Å². The predicted octanol–water partition coefficient (Wildman–Crippen LogP) is 2.07. The van der Waals surface area contributed by atoms with Gasteiger partial charge in [0, 0.05) is 13.1 Å². The monoisotopic (exact) mass is 306 g/mol. The Labute approximate surface area is 128 Å². The number of carbonyl (C=O) groups is 3. The van der Waals surface area contributed by atoms with Crippen molar-refractivity contribution in [3.8, 4) is 0 Å². The maximum absolute atomic E-state index is 13.7. The van der Waals surface area contributed by atoms with Gasteiger partial charge in [0.05, 0.1) is 11.1 Å². The second kappa shape index (κ2) is 6.68. The number of hydrogen-bond donors (Lipinski definition) is 0. The van der Waals surface area contributed by atoms with Gasteiger partial charge in [0.15, 0.2) is 0 Å². The third-order valence-corrected chi connectivity index (χ3v) is 3.58. The molecule has 118 valence electrons. The first-order chi connectivity index (χ1) is 10.5. The van der Waals surface area contributed by atoms with Crippen molar-refractivity contribution < 1.29 is 18.8 Å². The van der Waals surface area contributed by atoms with Crippen molar-refractivity contribution in [3.05, 3.63) is 35.1 Å². The number of hydrogen-bond acceptors (Lipinski definition) is 3. The lowest BCUT2D eigenvalue weighted by Crippen LogP contribution is -2.43. The summed E-state index contributed by atoms with van der Waals surface area (Å²) >= 11 is 0. The molecule has 1 aromatic carbocycles. The third-order valence-electron chi connectivity index (χ3n) is 3.58. The van der Waals surface area contributed by atoms with Crippen molar-refractivity contribution in [1.82, 2.24) is 9.80 Å². The van der Waals surface area contributed by atoms with Crippen molar-refractivity contribution >= 4 is 17.7 Å². The van der Waals surface area contributed by atoms with Gasteiger partial charge in [-0.3, -0.25) is 19.3 Å². The number of rotatable bonds is 6. The zero-order valence-corrected chi connectivity index (χ0v) is 12.8. The number of fused-ring (bicyclic) bond motifs is 1. The Bertz CT molecular complexity index is 609. The molecule has 3 amide bonds. The molecule has 1 heterocycles. The second-order valence-corrected chi connectivity index (χ2v) is 5.24. The van der Waals surface area contributed by atoms with E-state index in [0.29, 0.717) is 13.1 Å². The molecule has 0 aliphatic carbocycles. The molecule has 0 saturated heterocycles. The van der Waals surface area contributed by atoms with E-state index in [-0.39, 0.29) is 23.6 Å². The van der Waals surface area contributed by atoms with E-state index in [1.54, 1.807) is 4.90 Å². The van der Waals surface area contributed by atoms with Gasteiger partial charge < -0.3 is 4.90 Å². The summed E-state index contributed by atoms with van der Waals surface area (Å²) in [4.78, 5) is 39.1. The molecule has 0 radical (unpaired) electrons. The summed E-state index contributed by atoms with van der Waals surface area (Å²) in [7, 11) is 0. The van der Waals surface area contributed by atoms with E-state index in [0.717, 1.165) is 23.8 Å². The lowest BCUT2D eigenvalue weighted by molar-refractivity contribution is -0.131. The van der Waals surface area contributed by atoms with Crippen LogP contribution >= 0.6 is 0 Å². The van der Waals surface area contributed by atoms with Gasteiger partial charge in [-0.1, -0.05) is 19.9 Å².